The maximum atomic E-state index is 6.05. The summed E-state index contributed by atoms with van der Waals surface area (Å²) in [6.45, 7) is 5.07. The number of rotatable bonds is 3. The molecular weight excluding hydrogens is 334 g/mol. The maximum absolute atomic E-state index is 6.05. The number of halogens is 1. The van der Waals surface area contributed by atoms with Crippen LogP contribution in [0.2, 0.25) is 5.02 Å². The van der Waals surface area contributed by atoms with Crippen molar-refractivity contribution in [3.63, 3.8) is 0 Å². The first-order valence-corrected chi connectivity index (χ1v) is 8.84. The zero-order chi connectivity index (χ0) is 17.2. The van der Waals surface area contributed by atoms with Crippen LogP contribution in [-0.4, -0.2) is 40.9 Å². The number of hydrogen-bond donors (Lipinski definition) is 2. The lowest BCUT2D eigenvalue weighted by Crippen LogP contribution is -2.50. The fourth-order valence-electron chi connectivity index (χ4n) is 3.31. The second kappa shape index (κ2) is 6.86. The third kappa shape index (κ3) is 3.13. The van der Waals surface area contributed by atoms with E-state index >= 15 is 0 Å². The summed E-state index contributed by atoms with van der Waals surface area (Å²) in [6, 6.07) is 12.3. The minimum Gasteiger partial charge on any atom is -0.349 e. The average molecular weight is 354 g/mol. The van der Waals surface area contributed by atoms with Crippen molar-refractivity contribution in [2.24, 2.45) is 0 Å². The summed E-state index contributed by atoms with van der Waals surface area (Å²) in [6.07, 6.45) is 3.64. The maximum Gasteiger partial charge on any atom is 0.159 e. The number of aromatic amines is 1. The molecule has 3 aromatic rings. The molecule has 1 aliphatic rings. The lowest BCUT2D eigenvalue weighted by Gasteiger charge is -2.34. The number of H-pyrrole nitrogens is 1. The van der Waals surface area contributed by atoms with Crippen LogP contribution in [0.15, 0.2) is 48.8 Å². The van der Waals surface area contributed by atoms with Gasteiger partial charge in [-0.2, -0.15) is 5.10 Å². The highest BCUT2D eigenvalue weighted by Crippen LogP contribution is 2.38. The Balaban J connectivity index is 1.86. The number of nitrogens with one attached hydrogen (secondary N) is 2. The lowest BCUT2D eigenvalue weighted by molar-refractivity contribution is 0.497. The SMILES string of the molecule is CC1CNCCN1c1n[nH]c(-c2ccc(Cl)cc2)c1-c1ccncc1. The zero-order valence-electron chi connectivity index (χ0n) is 14.0. The van der Waals surface area contributed by atoms with Gasteiger partial charge in [-0.25, -0.2) is 0 Å². The number of piperazine rings is 1. The van der Waals surface area contributed by atoms with Gasteiger partial charge in [0, 0.05) is 48.7 Å². The summed E-state index contributed by atoms with van der Waals surface area (Å²) in [7, 11) is 0. The molecule has 0 bridgehead atoms. The van der Waals surface area contributed by atoms with Crippen LogP contribution in [0, 0.1) is 0 Å². The van der Waals surface area contributed by atoms with E-state index in [1.165, 1.54) is 0 Å². The Morgan fingerprint density at radius 2 is 1.84 bits per heavy atom. The average Bonchev–Trinajstić information content (AvgIpc) is 3.08. The Morgan fingerprint density at radius 3 is 2.56 bits per heavy atom. The first-order chi connectivity index (χ1) is 12.2. The molecule has 1 fully saturated rings. The molecule has 25 heavy (non-hydrogen) atoms. The van der Waals surface area contributed by atoms with Gasteiger partial charge < -0.3 is 10.2 Å². The number of anilines is 1. The molecule has 1 atom stereocenters. The van der Waals surface area contributed by atoms with E-state index in [1.807, 2.05) is 48.8 Å². The highest BCUT2D eigenvalue weighted by Gasteiger charge is 2.26. The van der Waals surface area contributed by atoms with Crippen LogP contribution in [0.3, 0.4) is 0 Å². The van der Waals surface area contributed by atoms with E-state index in [2.05, 4.69) is 32.3 Å². The summed E-state index contributed by atoms with van der Waals surface area (Å²) in [5.41, 5.74) is 4.29. The van der Waals surface area contributed by atoms with Crippen LogP contribution >= 0.6 is 11.6 Å². The van der Waals surface area contributed by atoms with E-state index in [0.29, 0.717) is 6.04 Å². The molecular formula is C19H20ClN5. The van der Waals surface area contributed by atoms with Crippen molar-refractivity contribution < 1.29 is 0 Å². The van der Waals surface area contributed by atoms with Gasteiger partial charge in [0.1, 0.15) is 0 Å². The number of hydrogen-bond acceptors (Lipinski definition) is 4. The van der Waals surface area contributed by atoms with E-state index in [0.717, 1.165) is 52.9 Å². The molecule has 1 aromatic carbocycles. The molecule has 0 radical (unpaired) electrons. The van der Waals surface area contributed by atoms with Gasteiger partial charge in [0.15, 0.2) is 5.82 Å². The van der Waals surface area contributed by atoms with E-state index in [-0.39, 0.29) is 0 Å². The fraction of sp³-hybridized carbons (Fsp3) is 0.263. The van der Waals surface area contributed by atoms with Gasteiger partial charge in [-0.3, -0.25) is 10.1 Å². The van der Waals surface area contributed by atoms with Gasteiger partial charge in [0.05, 0.1) is 11.3 Å². The second-order valence-corrected chi connectivity index (χ2v) is 6.72. The Kier molecular flexibility index (Phi) is 4.42. The van der Waals surface area contributed by atoms with E-state index in [4.69, 9.17) is 11.6 Å². The van der Waals surface area contributed by atoms with Crippen LogP contribution in [-0.2, 0) is 0 Å². The molecule has 4 rings (SSSR count). The number of aromatic nitrogens is 3. The topological polar surface area (TPSA) is 56.8 Å². The Bertz CT molecular complexity index is 844. The van der Waals surface area contributed by atoms with Crippen molar-refractivity contribution >= 4 is 17.4 Å². The fourth-order valence-corrected chi connectivity index (χ4v) is 3.44. The van der Waals surface area contributed by atoms with Crippen molar-refractivity contribution in [2.75, 3.05) is 24.5 Å². The molecule has 0 amide bonds. The smallest absolute Gasteiger partial charge is 0.159 e. The van der Waals surface area contributed by atoms with Crippen molar-refractivity contribution in [1.82, 2.24) is 20.5 Å². The molecule has 2 N–H and O–H groups in total. The number of nitrogens with zero attached hydrogens (tertiary/aromatic N) is 3. The van der Waals surface area contributed by atoms with Crippen molar-refractivity contribution in [3.8, 4) is 22.4 Å². The highest BCUT2D eigenvalue weighted by atomic mass is 35.5. The monoisotopic (exact) mass is 353 g/mol. The second-order valence-electron chi connectivity index (χ2n) is 6.29. The highest BCUT2D eigenvalue weighted by molar-refractivity contribution is 6.30. The Morgan fingerprint density at radius 1 is 1.08 bits per heavy atom. The third-order valence-corrected chi connectivity index (χ3v) is 4.87. The molecule has 1 aliphatic heterocycles. The number of benzene rings is 1. The zero-order valence-corrected chi connectivity index (χ0v) is 14.8. The molecule has 1 saturated heterocycles. The molecule has 1 unspecified atom stereocenters. The normalized spacial score (nSPS) is 17.7. The molecule has 2 aromatic heterocycles. The van der Waals surface area contributed by atoms with Gasteiger partial charge >= 0.3 is 0 Å². The Labute approximate surface area is 152 Å². The predicted molar refractivity (Wildman–Crippen MR) is 102 cm³/mol. The summed E-state index contributed by atoms with van der Waals surface area (Å²) < 4.78 is 0. The molecule has 0 aliphatic carbocycles. The number of pyridine rings is 1. The van der Waals surface area contributed by atoms with Crippen molar-refractivity contribution in [3.05, 3.63) is 53.8 Å². The van der Waals surface area contributed by atoms with E-state index in [1.54, 1.807) is 0 Å². The summed E-state index contributed by atoms with van der Waals surface area (Å²) in [4.78, 5) is 6.52. The molecule has 5 nitrogen and oxygen atoms in total. The standard InChI is InChI=1S/C19H20ClN5/c1-13-12-22-10-11-25(13)19-17(14-6-8-21-9-7-14)18(23-24-19)15-2-4-16(20)5-3-15/h2-9,13,22H,10-12H2,1H3,(H,23,24). The minimum atomic E-state index is 0.385. The van der Waals surface area contributed by atoms with Gasteiger partial charge in [-0.05, 0) is 36.8 Å². The van der Waals surface area contributed by atoms with E-state index in [9.17, 15) is 0 Å². The van der Waals surface area contributed by atoms with E-state index < -0.39 is 0 Å². The summed E-state index contributed by atoms with van der Waals surface area (Å²) in [5, 5.41) is 12.1. The first-order valence-electron chi connectivity index (χ1n) is 8.46. The van der Waals surface area contributed by atoms with Gasteiger partial charge in [0.2, 0.25) is 0 Å². The molecule has 0 saturated carbocycles. The third-order valence-electron chi connectivity index (χ3n) is 4.62. The molecule has 6 heteroatoms. The molecule has 128 valence electrons. The molecule has 0 spiro atoms. The van der Waals surface area contributed by atoms with Gasteiger partial charge in [-0.15, -0.1) is 0 Å². The Hall–Kier alpha value is -2.37. The van der Waals surface area contributed by atoms with Crippen molar-refractivity contribution in [2.45, 2.75) is 13.0 Å². The molecule has 3 heterocycles. The van der Waals surface area contributed by atoms with Crippen LogP contribution in [0.5, 0.6) is 0 Å². The first kappa shape index (κ1) is 16.1. The summed E-state index contributed by atoms with van der Waals surface area (Å²) in [5.74, 6) is 0.991. The van der Waals surface area contributed by atoms with Crippen LogP contribution in [0.1, 0.15) is 6.92 Å². The van der Waals surface area contributed by atoms with Crippen LogP contribution in [0.25, 0.3) is 22.4 Å². The van der Waals surface area contributed by atoms with Crippen LogP contribution < -0.4 is 10.2 Å². The summed E-state index contributed by atoms with van der Waals surface area (Å²) >= 11 is 6.05. The lowest BCUT2D eigenvalue weighted by atomic mass is 10.0. The van der Waals surface area contributed by atoms with Gasteiger partial charge in [-0.1, -0.05) is 23.7 Å². The van der Waals surface area contributed by atoms with Crippen molar-refractivity contribution in [1.29, 1.82) is 0 Å². The predicted octanol–water partition coefficient (Wildman–Crippen LogP) is 3.59. The largest absolute Gasteiger partial charge is 0.349 e. The van der Waals surface area contributed by atoms with Gasteiger partial charge in [0.25, 0.3) is 0 Å². The van der Waals surface area contributed by atoms with Crippen LogP contribution in [0.4, 0.5) is 5.82 Å². The quantitative estimate of drug-likeness (QED) is 0.755. The minimum absolute atomic E-state index is 0.385.